The molecule has 11 heavy (non-hydrogen) atoms. The van der Waals surface area contributed by atoms with Crippen molar-refractivity contribution in [3.05, 3.63) is 36.2 Å². The van der Waals surface area contributed by atoms with Gasteiger partial charge in [-0.1, -0.05) is 6.58 Å². The molecule has 0 bridgehead atoms. The van der Waals surface area contributed by atoms with Gasteiger partial charge in [0.25, 0.3) is 0 Å². The van der Waals surface area contributed by atoms with E-state index in [9.17, 15) is 4.39 Å². The predicted octanol–water partition coefficient (Wildman–Crippen LogP) is 2.44. The van der Waals surface area contributed by atoms with E-state index in [1.54, 1.807) is 19.1 Å². The summed E-state index contributed by atoms with van der Waals surface area (Å²) in [6.45, 7) is 5.39. The molecule has 0 aliphatic heterocycles. The van der Waals surface area contributed by atoms with Crippen LogP contribution in [-0.2, 0) is 0 Å². The largest absolute Gasteiger partial charge is 0.399 e. The fourth-order valence-corrected chi connectivity index (χ4v) is 0.877. The number of nitrogen functional groups attached to an aromatic ring is 1. The van der Waals surface area contributed by atoms with Crippen LogP contribution in [0.2, 0.25) is 0 Å². The third kappa shape index (κ3) is 1.58. The number of nitrogens with two attached hydrogens (primary N) is 1. The molecule has 1 nitrogen and oxygen atoms in total. The maximum atomic E-state index is 13.0. The van der Waals surface area contributed by atoms with Crippen LogP contribution in [0.3, 0.4) is 0 Å². The Bertz CT molecular complexity index is 292. The lowest BCUT2D eigenvalue weighted by molar-refractivity contribution is 0.624. The second kappa shape index (κ2) is 2.74. The Balaban J connectivity index is 3.20. The summed E-state index contributed by atoms with van der Waals surface area (Å²) in [5, 5.41) is 0. The van der Waals surface area contributed by atoms with Gasteiger partial charge in [-0.3, -0.25) is 0 Å². The lowest BCUT2D eigenvalue weighted by Gasteiger charge is -2.01. The van der Waals surface area contributed by atoms with Crippen molar-refractivity contribution >= 4 is 11.3 Å². The highest BCUT2D eigenvalue weighted by Crippen LogP contribution is 2.17. The molecule has 0 saturated heterocycles. The van der Waals surface area contributed by atoms with E-state index in [1.165, 1.54) is 6.07 Å². The predicted molar refractivity (Wildman–Crippen MR) is 45.5 cm³/mol. The van der Waals surface area contributed by atoms with Gasteiger partial charge in [-0.05, 0) is 30.7 Å². The fourth-order valence-electron chi connectivity index (χ4n) is 0.877. The first-order chi connectivity index (χ1) is 5.11. The minimum atomic E-state index is -0.308. The lowest BCUT2D eigenvalue weighted by atomic mass is 10.1. The van der Waals surface area contributed by atoms with Gasteiger partial charge in [0, 0.05) is 11.3 Å². The molecular formula is C9H10FN. The summed E-state index contributed by atoms with van der Waals surface area (Å²) in [6.07, 6.45) is 0. The third-order valence-corrected chi connectivity index (χ3v) is 1.45. The van der Waals surface area contributed by atoms with Crippen molar-refractivity contribution in [2.45, 2.75) is 6.92 Å². The monoisotopic (exact) mass is 151 g/mol. The average Bonchev–Trinajstić information content (AvgIpc) is 1.85. The van der Waals surface area contributed by atoms with E-state index >= 15 is 0 Å². The molecule has 0 unspecified atom stereocenters. The number of rotatable bonds is 1. The zero-order valence-corrected chi connectivity index (χ0v) is 6.39. The summed E-state index contributed by atoms with van der Waals surface area (Å²) in [4.78, 5) is 0. The van der Waals surface area contributed by atoms with Crippen LogP contribution < -0.4 is 5.73 Å². The highest BCUT2D eigenvalue weighted by Gasteiger charge is 2.01. The molecule has 0 saturated carbocycles. The maximum absolute atomic E-state index is 13.0. The van der Waals surface area contributed by atoms with Gasteiger partial charge in [0.15, 0.2) is 0 Å². The van der Waals surface area contributed by atoms with Crippen LogP contribution >= 0.6 is 0 Å². The van der Waals surface area contributed by atoms with Crippen molar-refractivity contribution in [1.82, 2.24) is 0 Å². The molecule has 0 radical (unpaired) electrons. The molecule has 0 fully saturated rings. The minimum Gasteiger partial charge on any atom is -0.399 e. The van der Waals surface area contributed by atoms with Crippen LogP contribution in [0, 0.1) is 5.82 Å². The smallest absolute Gasteiger partial charge is 0.132 e. The Hall–Kier alpha value is -1.31. The summed E-state index contributed by atoms with van der Waals surface area (Å²) in [6, 6.07) is 4.59. The number of hydrogen-bond acceptors (Lipinski definition) is 1. The molecule has 0 aliphatic rings. The molecule has 1 aromatic rings. The first-order valence-electron chi connectivity index (χ1n) is 3.32. The SMILES string of the molecule is C=C(C)c1ccc(N)cc1F. The van der Waals surface area contributed by atoms with E-state index in [1.807, 2.05) is 0 Å². The van der Waals surface area contributed by atoms with Crippen molar-refractivity contribution in [1.29, 1.82) is 0 Å². The zero-order valence-electron chi connectivity index (χ0n) is 6.39. The van der Waals surface area contributed by atoms with Crippen LogP contribution in [0.5, 0.6) is 0 Å². The van der Waals surface area contributed by atoms with E-state index < -0.39 is 0 Å². The fraction of sp³-hybridized carbons (Fsp3) is 0.111. The van der Waals surface area contributed by atoms with Gasteiger partial charge in [-0.25, -0.2) is 4.39 Å². The maximum Gasteiger partial charge on any atom is 0.132 e. The Morgan fingerprint density at radius 1 is 1.55 bits per heavy atom. The Labute approximate surface area is 65.3 Å². The van der Waals surface area contributed by atoms with Gasteiger partial charge < -0.3 is 5.73 Å². The van der Waals surface area contributed by atoms with Crippen LogP contribution in [0.15, 0.2) is 24.8 Å². The van der Waals surface area contributed by atoms with Crippen molar-refractivity contribution in [2.24, 2.45) is 0 Å². The summed E-state index contributed by atoms with van der Waals surface area (Å²) in [5.74, 6) is -0.308. The van der Waals surface area contributed by atoms with E-state index in [-0.39, 0.29) is 5.82 Å². The molecule has 1 rings (SSSR count). The Kier molecular flexibility index (Phi) is 1.94. The Morgan fingerprint density at radius 3 is 2.64 bits per heavy atom. The topological polar surface area (TPSA) is 26.0 Å². The number of hydrogen-bond donors (Lipinski definition) is 1. The van der Waals surface area contributed by atoms with Gasteiger partial charge in [-0.2, -0.15) is 0 Å². The van der Waals surface area contributed by atoms with Gasteiger partial charge in [0.1, 0.15) is 5.82 Å². The number of halogens is 1. The second-order valence-corrected chi connectivity index (χ2v) is 2.52. The highest BCUT2D eigenvalue weighted by molar-refractivity contribution is 5.63. The van der Waals surface area contributed by atoms with Crippen LogP contribution in [-0.4, -0.2) is 0 Å². The van der Waals surface area contributed by atoms with Gasteiger partial charge in [0.2, 0.25) is 0 Å². The molecule has 0 heterocycles. The lowest BCUT2D eigenvalue weighted by Crippen LogP contribution is -1.90. The summed E-state index contributed by atoms with van der Waals surface area (Å²) >= 11 is 0. The molecule has 2 N–H and O–H groups in total. The minimum absolute atomic E-state index is 0.308. The average molecular weight is 151 g/mol. The molecule has 1 aromatic carbocycles. The molecule has 0 amide bonds. The van der Waals surface area contributed by atoms with Gasteiger partial charge >= 0.3 is 0 Å². The molecule has 0 aromatic heterocycles. The third-order valence-electron chi connectivity index (χ3n) is 1.45. The van der Waals surface area contributed by atoms with Crippen molar-refractivity contribution in [3.63, 3.8) is 0 Å². The molecule has 2 heteroatoms. The molecule has 0 aliphatic carbocycles. The summed E-state index contributed by atoms with van der Waals surface area (Å²) in [5.41, 5.74) is 7.03. The summed E-state index contributed by atoms with van der Waals surface area (Å²) < 4.78 is 13.0. The molecular weight excluding hydrogens is 141 g/mol. The van der Waals surface area contributed by atoms with Crippen molar-refractivity contribution in [2.75, 3.05) is 5.73 Å². The van der Waals surface area contributed by atoms with Crippen LogP contribution in [0.4, 0.5) is 10.1 Å². The first-order valence-corrected chi connectivity index (χ1v) is 3.32. The number of anilines is 1. The molecule has 0 atom stereocenters. The first kappa shape index (κ1) is 7.79. The highest BCUT2D eigenvalue weighted by atomic mass is 19.1. The van der Waals surface area contributed by atoms with Crippen molar-refractivity contribution < 1.29 is 4.39 Å². The van der Waals surface area contributed by atoms with Gasteiger partial charge in [-0.15, -0.1) is 0 Å². The second-order valence-electron chi connectivity index (χ2n) is 2.52. The van der Waals surface area contributed by atoms with Crippen molar-refractivity contribution in [3.8, 4) is 0 Å². The number of benzene rings is 1. The van der Waals surface area contributed by atoms with Gasteiger partial charge in [0.05, 0.1) is 0 Å². The zero-order chi connectivity index (χ0) is 8.43. The Morgan fingerprint density at radius 2 is 2.18 bits per heavy atom. The van der Waals surface area contributed by atoms with E-state index in [2.05, 4.69) is 6.58 Å². The van der Waals surface area contributed by atoms with E-state index in [4.69, 9.17) is 5.73 Å². The molecule has 0 spiro atoms. The summed E-state index contributed by atoms with van der Waals surface area (Å²) in [7, 11) is 0. The van der Waals surface area contributed by atoms with Crippen LogP contribution in [0.25, 0.3) is 5.57 Å². The van der Waals surface area contributed by atoms with E-state index in [0.29, 0.717) is 16.8 Å². The normalized spacial score (nSPS) is 9.64. The van der Waals surface area contributed by atoms with Crippen LogP contribution in [0.1, 0.15) is 12.5 Å². The quantitative estimate of drug-likeness (QED) is 0.613. The van der Waals surface area contributed by atoms with E-state index in [0.717, 1.165) is 0 Å². The molecule has 58 valence electrons. The standard InChI is InChI=1S/C9H10FN/c1-6(2)8-4-3-7(11)5-9(8)10/h3-5H,1,11H2,2H3. The number of allylic oxidation sites excluding steroid dienone is 1.